The van der Waals surface area contributed by atoms with Crippen LogP contribution in [-0.2, 0) is 17.9 Å². The van der Waals surface area contributed by atoms with Crippen molar-refractivity contribution in [1.29, 1.82) is 0 Å². The lowest BCUT2D eigenvalue weighted by Crippen LogP contribution is -2.22. The zero-order valence-electron chi connectivity index (χ0n) is 12.1. The predicted molar refractivity (Wildman–Crippen MR) is 79.7 cm³/mol. The molecule has 0 radical (unpaired) electrons. The number of nitrogens with zero attached hydrogens (tertiary/aromatic N) is 1. The molecule has 0 fully saturated rings. The number of hydrogen-bond acceptors (Lipinski definition) is 2. The van der Waals surface area contributed by atoms with E-state index in [1.165, 1.54) is 11.6 Å². The molecule has 1 aromatic rings. The second-order valence-electron chi connectivity index (χ2n) is 4.50. The van der Waals surface area contributed by atoms with E-state index in [4.69, 9.17) is 0 Å². The molecule has 3 heteroatoms. The summed E-state index contributed by atoms with van der Waals surface area (Å²) in [4.78, 5) is 13.7. The number of nitrogens with one attached hydrogen (secondary N) is 1. The molecule has 0 aromatic heterocycles. The van der Waals surface area contributed by atoms with Crippen LogP contribution in [0.25, 0.3) is 0 Å². The van der Waals surface area contributed by atoms with Crippen LogP contribution in [0.5, 0.6) is 0 Å². The Balaban J connectivity index is 2.49. The van der Waals surface area contributed by atoms with Gasteiger partial charge in [0.1, 0.15) is 0 Å². The molecule has 1 amide bonds. The molecule has 0 atom stereocenters. The van der Waals surface area contributed by atoms with E-state index in [1.54, 1.807) is 6.08 Å². The molecule has 0 aliphatic rings. The van der Waals surface area contributed by atoms with Crippen LogP contribution in [0.4, 0.5) is 0 Å². The van der Waals surface area contributed by atoms with Gasteiger partial charge in [-0.1, -0.05) is 44.2 Å². The Morgan fingerprint density at radius 3 is 2.26 bits per heavy atom. The summed E-state index contributed by atoms with van der Waals surface area (Å²) in [5.74, 6) is -0.0466. The standard InChI is InChI=1S/C16H24N2O/c1-4-7-16(19)17-12-14-8-10-15(11-9-14)13-18(5-2)6-3/h4,7-11H,5-6,12-13H2,1-3H3,(H,17,19). The fourth-order valence-electron chi connectivity index (χ4n) is 1.87. The highest BCUT2D eigenvalue weighted by Crippen LogP contribution is 2.07. The van der Waals surface area contributed by atoms with E-state index in [2.05, 4.69) is 48.3 Å². The maximum absolute atomic E-state index is 11.3. The van der Waals surface area contributed by atoms with Gasteiger partial charge in [-0.25, -0.2) is 0 Å². The normalized spacial score (nSPS) is 11.2. The summed E-state index contributed by atoms with van der Waals surface area (Å²) in [6.45, 7) is 9.88. The predicted octanol–water partition coefficient (Wildman–Crippen LogP) is 2.72. The molecule has 0 spiro atoms. The number of benzene rings is 1. The van der Waals surface area contributed by atoms with E-state index in [-0.39, 0.29) is 5.91 Å². The summed E-state index contributed by atoms with van der Waals surface area (Å²) in [6.07, 6.45) is 3.28. The molecule has 1 aromatic carbocycles. The zero-order valence-corrected chi connectivity index (χ0v) is 12.1. The fourth-order valence-corrected chi connectivity index (χ4v) is 1.87. The molecule has 0 bridgehead atoms. The first kappa shape index (κ1) is 15.4. The molecule has 0 aliphatic carbocycles. The van der Waals surface area contributed by atoms with Crippen molar-refractivity contribution in [2.24, 2.45) is 0 Å². The lowest BCUT2D eigenvalue weighted by atomic mass is 10.1. The Labute approximate surface area is 116 Å². The third-order valence-electron chi connectivity index (χ3n) is 3.11. The Bertz CT molecular complexity index is 405. The molecule has 19 heavy (non-hydrogen) atoms. The van der Waals surface area contributed by atoms with Crippen molar-refractivity contribution in [3.8, 4) is 0 Å². The second kappa shape index (κ2) is 8.48. The Morgan fingerprint density at radius 2 is 1.74 bits per heavy atom. The molecular formula is C16H24N2O. The summed E-state index contributed by atoms with van der Waals surface area (Å²) in [5, 5.41) is 2.85. The first-order valence-corrected chi connectivity index (χ1v) is 6.90. The molecule has 104 valence electrons. The van der Waals surface area contributed by atoms with Crippen molar-refractivity contribution in [3.05, 3.63) is 47.5 Å². The van der Waals surface area contributed by atoms with Gasteiger partial charge in [0.05, 0.1) is 0 Å². The van der Waals surface area contributed by atoms with E-state index in [9.17, 15) is 4.79 Å². The van der Waals surface area contributed by atoms with E-state index >= 15 is 0 Å². The number of rotatable bonds is 7. The van der Waals surface area contributed by atoms with Crippen LogP contribution in [0.1, 0.15) is 31.9 Å². The van der Waals surface area contributed by atoms with Gasteiger partial charge < -0.3 is 5.32 Å². The van der Waals surface area contributed by atoms with Gasteiger partial charge in [-0.15, -0.1) is 0 Å². The Morgan fingerprint density at radius 1 is 1.16 bits per heavy atom. The third-order valence-corrected chi connectivity index (χ3v) is 3.11. The number of amides is 1. The fraction of sp³-hybridized carbons (Fsp3) is 0.438. The van der Waals surface area contributed by atoms with Crippen molar-refractivity contribution in [1.82, 2.24) is 10.2 Å². The number of carbonyl (C=O) groups excluding carboxylic acids is 1. The van der Waals surface area contributed by atoms with Crippen LogP contribution in [0.3, 0.4) is 0 Å². The molecule has 0 unspecified atom stereocenters. The summed E-state index contributed by atoms with van der Waals surface area (Å²) < 4.78 is 0. The van der Waals surface area contributed by atoms with Gasteiger partial charge in [-0.05, 0) is 37.2 Å². The maximum atomic E-state index is 11.3. The van der Waals surface area contributed by atoms with Gasteiger partial charge in [0, 0.05) is 13.1 Å². The lowest BCUT2D eigenvalue weighted by Gasteiger charge is -2.18. The van der Waals surface area contributed by atoms with Crippen LogP contribution in [0, 0.1) is 0 Å². The third kappa shape index (κ3) is 5.71. The zero-order chi connectivity index (χ0) is 14.1. The first-order valence-electron chi connectivity index (χ1n) is 6.90. The van der Waals surface area contributed by atoms with E-state index in [0.29, 0.717) is 6.54 Å². The monoisotopic (exact) mass is 260 g/mol. The van der Waals surface area contributed by atoms with Gasteiger partial charge in [0.2, 0.25) is 5.91 Å². The number of carbonyl (C=O) groups is 1. The average molecular weight is 260 g/mol. The highest BCUT2D eigenvalue weighted by molar-refractivity contribution is 5.87. The van der Waals surface area contributed by atoms with Crippen molar-refractivity contribution < 1.29 is 4.79 Å². The highest BCUT2D eigenvalue weighted by Gasteiger charge is 2.01. The molecule has 0 aliphatic heterocycles. The smallest absolute Gasteiger partial charge is 0.243 e. The van der Waals surface area contributed by atoms with E-state index < -0.39 is 0 Å². The van der Waals surface area contributed by atoms with Crippen molar-refractivity contribution in [2.45, 2.75) is 33.9 Å². The summed E-state index contributed by atoms with van der Waals surface area (Å²) >= 11 is 0. The first-order chi connectivity index (χ1) is 9.19. The molecule has 0 saturated heterocycles. The quantitative estimate of drug-likeness (QED) is 0.765. The van der Waals surface area contributed by atoms with Gasteiger partial charge in [0.15, 0.2) is 0 Å². The summed E-state index contributed by atoms with van der Waals surface area (Å²) in [7, 11) is 0. The van der Waals surface area contributed by atoms with Gasteiger partial charge in [-0.3, -0.25) is 9.69 Å². The minimum Gasteiger partial charge on any atom is -0.348 e. The average Bonchev–Trinajstić information content (AvgIpc) is 2.44. The molecule has 1 rings (SSSR count). The number of allylic oxidation sites excluding steroid dienone is 1. The SMILES string of the molecule is CC=CC(=O)NCc1ccc(CN(CC)CC)cc1. The van der Waals surface area contributed by atoms with Crippen molar-refractivity contribution in [3.63, 3.8) is 0 Å². The van der Waals surface area contributed by atoms with Crippen molar-refractivity contribution >= 4 is 5.91 Å². The van der Waals surface area contributed by atoms with E-state index in [0.717, 1.165) is 25.2 Å². The van der Waals surface area contributed by atoms with Gasteiger partial charge >= 0.3 is 0 Å². The van der Waals surface area contributed by atoms with Crippen LogP contribution in [0.2, 0.25) is 0 Å². The molecule has 3 nitrogen and oxygen atoms in total. The minimum atomic E-state index is -0.0466. The van der Waals surface area contributed by atoms with Gasteiger partial charge in [0.25, 0.3) is 0 Å². The lowest BCUT2D eigenvalue weighted by molar-refractivity contribution is -0.116. The largest absolute Gasteiger partial charge is 0.348 e. The Kier molecular flexibility index (Phi) is 6.90. The van der Waals surface area contributed by atoms with Crippen molar-refractivity contribution in [2.75, 3.05) is 13.1 Å². The maximum Gasteiger partial charge on any atom is 0.243 e. The second-order valence-corrected chi connectivity index (χ2v) is 4.50. The van der Waals surface area contributed by atoms with Crippen LogP contribution < -0.4 is 5.32 Å². The number of hydrogen-bond donors (Lipinski definition) is 1. The molecule has 0 saturated carbocycles. The molecule has 0 heterocycles. The van der Waals surface area contributed by atoms with E-state index in [1.807, 2.05) is 6.92 Å². The Hall–Kier alpha value is -1.61. The van der Waals surface area contributed by atoms with Crippen LogP contribution in [0.15, 0.2) is 36.4 Å². The molecule has 1 N–H and O–H groups in total. The summed E-state index contributed by atoms with van der Waals surface area (Å²) in [5.41, 5.74) is 2.44. The molecular weight excluding hydrogens is 236 g/mol. The topological polar surface area (TPSA) is 32.3 Å². The minimum absolute atomic E-state index is 0.0466. The summed E-state index contributed by atoms with van der Waals surface area (Å²) in [6, 6.07) is 8.43. The van der Waals surface area contributed by atoms with Crippen LogP contribution >= 0.6 is 0 Å². The highest BCUT2D eigenvalue weighted by atomic mass is 16.1. The van der Waals surface area contributed by atoms with Gasteiger partial charge in [-0.2, -0.15) is 0 Å². The van der Waals surface area contributed by atoms with Crippen LogP contribution in [-0.4, -0.2) is 23.9 Å².